The Labute approximate surface area is 359 Å². The van der Waals surface area contributed by atoms with E-state index in [1.807, 2.05) is 48.5 Å². The predicted molar refractivity (Wildman–Crippen MR) is 231 cm³/mol. The predicted octanol–water partition coefficient (Wildman–Crippen LogP) is 7.00. The molecule has 0 bridgehead atoms. The standard InChI is InChI=1S/C35H26N2O6.C14H8N2O4/c1-35(2,23-3-11-27(12-4-23)42-29-15-7-25(8-16-29)36-31(38)19-20-32(36)39)24-5-13-28(14-6-24)43-30-17-9-26(10-18-30)37-33(40)21-22-34(37)41;17-11-5-6-12(18)15(11)9-1-2-10(4-3-9)16-13(19)7-8-14(16)20/h3-22H,1-2H3;1-8H. The summed E-state index contributed by atoms with van der Waals surface area (Å²) < 4.78 is 12.0. The lowest BCUT2D eigenvalue weighted by atomic mass is 9.78. The van der Waals surface area contributed by atoms with Crippen LogP contribution in [0.2, 0.25) is 0 Å². The molecular formula is C49H34N4O10. The van der Waals surface area contributed by atoms with Gasteiger partial charge >= 0.3 is 0 Å². The Morgan fingerprint density at radius 2 is 0.460 bits per heavy atom. The second kappa shape index (κ2) is 16.7. The fourth-order valence-corrected chi connectivity index (χ4v) is 7.01. The number of rotatable bonds is 10. The molecule has 0 N–H and O–H groups in total. The second-order valence-electron chi connectivity index (χ2n) is 14.8. The number of carbonyl (C=O) groups is 8. The van der Waals surface area contributed by atoms with E-state index in [1.165, 1.54) is 72.9 Å². The van der Waals surface area contributed by atoms with Crippen molar-refractivity contribution in [1.29, 1.82) is 0 Å². The molecule has 0 saturated heterocycles. The van der Waals surface area contributed by atoms with Gasteiger partial charge in [-0.15, -0.1) is 0 Å². The Kier molecular flexibility index (Phi) is 10.9. The van der Waals surface area contributed by atoms with E-state index >= 15 is 0 Å². The minimum atomic E-state index is -0.419. The van der Waals surface area contributed by atoms with Crippen LogP contribution in [0, 0.1) is 0 Å². The van der Waals surface area contributed by atoms with E-state index in [0.29, 0.717) is 45.7 Å². The van der Waals surface area contributed by atoms with Crippen molar-refractivity contribution in [3.8, 4) is 23.0 Å². The number of anilines is 4. The molecular weight excluding hydrogens is 805 g/mol. The molecule has 0 spiro atoms. The molecule has 310 valence electrons. The van der Waals surface area contributed by atoms with E-state index in [1.54, 1.807) is 48.5 Å². The van der Waals surface area contributed by atoms with Gasteiger partial charge in [-0.3, -0.25) is 38.4 Å². The van der Waals surface area contributed by atoms with Crippen molar-refractivity contribution in [2.24, 2.45) is 0 Å². The highest BCUT2D eigenvalue weighted by molar-refractivity contribution is 6.30. The lowest BCUT2D eigenvalue weighted by Gasteiger charge is -2.26. The number of hydrogen-bond donors (Lipinski definition) is 0. The van der Waals surface area contributed by atoms with E-state index in [9.17, 15) is 38.4 Å². The summed E-state index contributed by atoms with van der Waals surface area (Å²) in [7, 11) is 0. The molecule has 0 aromatic heterocycles. The molecule has 63 heavy (non-hydrogen) atoms. The normalized spacial score (nSPS) is 15.7. The zero-order chi connectivity index (χ0) is 44.4. The number of benzene rings is 5. The highest BCUT2D eigenvalue weighted by Crippen LogP contribution is 2.35. The lowest BCUT2D eigenvalue weighted by Crippen LogP contribution is -2.31. The molecule has 0 unspecified atom stereocenters. The van der Waals surface area contributed by atoms with E-state index < -0.39 is 23.6 Å². The van der Waals surface area contributed by atoms with Gasteiger partial charge in [0.1, 0.15) is 23.0 Å². The third kappa shape index (κ3) is 8.36. The molecule has 5 aromatic rings. The van der Waals surface area contributed by atoms with Crippen LogP contribution in [0.4, 0.5) is 22.7 Å². The molecule has 14 nitrogen and oxygen atoms in total. The molecule has 4 heterocycles. The maximum atomic E-state index is 11.9. The SMILES string of the molecule is CC(C)(c1ccc(Oc2ccc(N3C(=O)C=CC3=O)cc2)cc1)c1ccc(Oc2ccc(N3C(=O)C=CC3=O)cc2)cc1.O=C1C=CC(=O)N1c1ccc(N2C(=O)C=CC2=O)cc1. The van der Waals surface area contributed by atoms with Gasteiger partial charge in [0.05, 0.1) is 22.7 Å². The third-order valence-electron chi connectivity index (χ3n) is 10.4. The van der Waals surface area contributed by atoms with Crippen molar-refractivity contribution in [3.63, 3.8) is 0 Å². The average molecular weight is 839 g/mol. The van der Waals surface area contributed by atoms with Gasteiger partial charge in [-0.25, -0.2) is 19.6 Å². The van der Waals surface area contributed by atoms with Crippen molar-refractivity contribution in [2.45, 2.75) is 19.3 Å². The van der Waals surface area contributed by atoms with E-state index in [4.69, 9.17) is 9.47 Å². The van der Waals surface area contributed by atoms with Crippen LogP contribution in [0.25, 0.3) is 0 Å². The van der Waals surface area contributed by atoms with Crippen LogP contribution in [0.15, 0.2) is 170 Å². The second-order valence-corrected chi connectivity index (χ2v) is 14.8. The number of nitrogens with zero attached hydrogens (tertiary/aromatic N) is 4. The summed E-state index contributed by atoms with van der Waals surface area (Å²) in [6.07, 6.45) is 9.76. The summed E-state index contributed by atoms with van der Waals surface area (Å²) in [5.41, 5.74) is 3.65. The molecule has 4 aliphatic rings. The molecule has 0 aliphatic carbocycles. The van der Waals surface area contributed by atoms with Gasteiger partial charge in [-0.05, 0) is 108 Å². The maximum absolute atomic E-state index is 11.9. The average Bonchev–Trinajstić information content (AvgIpc) is 4.02. The first kappa shape index (κ1) is 41.0. The number of hydrogen-bond acceptors (Lipinski definition) is 10. The van der Waals surface area contributed by atoms with Crippen molar-refractivity contribution >= 4 is 70.0 Å². The Hall–Kier alpha value is -8.78. The van der Waals surface area contributed by atoms with Gasteiger partial charge in [0, 0.05) is 54.0 Å². The number of ether oxygens (including phenoxy) is 2. The minimum absolute atomic E-state index is 0.300. The quantitative estimate of drug-likeness (QED) is 0.134. The summed E-state index contributed by atoms with van der Waals surface area (Å²) in [4.78, 5) is 97.9. The monoisotopic (exact) mass is 838 g/mol. The van der Waals surface area contributed by atoms with Gasteiger partial charge in [-0.2, -0.15) is 0 Å². The minimum Gasteiger partial charge on any atom is -0.457 e. The Morgan fingerprint density at radius 1 is 0.286 bits per heavy atom. The fourth-order valence-electron chi connectivity index (χ4n) is 7.01. The first-order chi connectivity index (χ1) is 30.3. The van der Waals surface area contributed by atoms with Gasteiger partial charge in [-0.1, -0.05) is 38.1 Å². The Balaban J connectivity index is 0.000000226. The summed E-state index contributed by atoms with van der Waals surface area (Å²) >= 11 is 0. The van der Waals surface area contributed by atoms with Crippen LogP contribution < -0.4 is 29.1 Å². The summed E-state index contributed by atoms with van der Waals surface area (Å²) in [6.45, 7) is 4.28. The van der Waals surface area contributed by atoms with Gasteiger partial charge in [0.15, 0.2) is 0 Å². The molecule has 0 atom stereocenters. The molecule has 0 fully saturated rings. The van der Waals surface area contributed by atoms with Crippen LogP contribution in [-0.4, -0.2) is 47.3 Å². The smallest absolute Gasteiger partial charge is 0.258 e. The Morgan fingerprint density at radius 3 is 0.667 bits per heavy atom. The molecule has 14 heteroatoms. The number of amides is 8. The maximum Gasteiger partial charge on any atom is 0.258 e. The highest BCUT2D eigenvalue weighted by atomic mass is 16.5. The van der Waals surface area contributed by atoms with Crippen molar-refractivity contribution in [3.05, 3.63) is 181 Å². The largest absolute Gasteiger partial charge is 0.457 e. The van der Waals surface area contributed by atoms with Crippen LogP contribution >= 0.6 is 0 Å². The zero-order valence-electron chi connectivity index (χ0n) is 33.5. The first-order valence-electron chi connectivity index (χ1n) is 19.4. The molecule has 0 saturated carbocycles. The fraction of sp³-hybridized carbons (Fsp3) is 0.0612. The van der Waals surface area contributed by atoms with Crippen LogP contribution in [0.5, 0.6) is 23.0 Å². The molecule has 0 radical (unpaired) electrons. The molecule has 4 aliphatic heterocycles. The summed E-state index contributed by atoms with van der Waals surface area (Å²) in [5, 5.41) is 0. The molecule has 5 aromatic carbocycles. The molecule has 9 rings (SSSR count). The van der Waals surface area contributed by atoms with Crippen LogP contribution in [0.3, 0.4) is 0 Å². The van der Waals surface area contributed by atoms with Crippen LogP contribution in [-0.2, 0) is 43.8 Å². The third-order valence-corrected chi connectivity index (χ3v) is 10.4. The lowest BCUT2D eigenvalue weighted by molar-refractivity contribution is -0.121. The van der Waals surface area contributed by atoms with Crippen molar-refractivity contribution < 1.29 is 47.8 Å². The zero-order valence-corrected chi connectivity index (χ0v) is 33.5. The number of imide groups is 4. The van der Waals surface area contributed by atoms with Gasteiger partial charge in [0.25, 0.3) is 47.3 Å². The first-order valence-corrected chi connectivity index (χ1v) is 19.4. The number of carbonyl (C=O) groups excluding carboxylic acids is 8. The van der Waals surface area contributed by atoms with Gasteiger partial charge < -0.3 is 9.47 Å². The summed E-state index contributed by atoms with van der Waals surface area (Å²) in [6, 6.07) is 35.3. The van der Waals surface area contributed by atoms with Gasteiger partial charge in [0.2, 0.25) is 0 Å². The topological polar surface area (TPSA) is 168 Å². The van der Waals surface area contributed by atoms with Crippen LogP contribution in [0.1, 0.15) is 25.0 Å². The van der Waals surface area contributed by atoms with E-state index in [2.05, 4.69) is 13.8 Å². The molecule has 8 amide bonds. The summed E-state index contributed by atoms with van der Waals surface area (Å²) in [5.74, 6) is -0.632. The van der Waals surface area contributed by atoms with Crippen molar-refractivity contribution in [2.75, 3.05) is 19.6 Å². The highest BCUT2D eigenvalue weighted by Gasteiger charge is 2.29. The van der Waals surface area contributed by atoms with Crippen molar-refractivity contribution in [1.82, 2.24) is 0 Å². The van der Waals surface area contributed by atoms with E-state index in [0.717, 1.165) is 30.7 Å². The Bertz CT molecular complexity index is 2570. The van der Waals surface area contributed by atoms with E-state index in [-0.39, 0.29) is 29.0 Å².